The van der Waals surface area contributed by atoms with Crippen LogP contribution in [0.15, 0.2) is 0 Å². The number of hydrogen-bond acceptors (Lipinski definition) is 4. The summed E-state index contributed by atoms with van der Waals surface area (Å²) in [6.45, 7) is 5.13. The largest absolute Gasteiger partial charge is 0.378 e. The molecule has 3 heterocycles. The minimum Gasteiger partial charge on any atom is -0.378 e. The van der Waals surface area contributed by atoms with Gasteiger partial charge in [-0.2, -0.15) is 11.8 Å². The fraction of sp³-hybridized carbons (Fsp3) is 0.933. The molecule has 3 aliphatic rings. The van der Waals surface area contributed by atoms with E-state index in [4.69, 9.17) is 9.47 Å². The average molecular weight is 299 g/mol. The van der Waals surface area contributed by atoms with Crippen LogP contribution in [0.2, 0.25) is 0 Å². The maximum atomic E-state index is 12.4. The van der Waals surface area contributed by atoms with Crippen molar-refractivity contribution in [2.45, 2.75) is 44.3 Å². The van der Waals surface area contributed by atoms with Crippen molar-refractivity contribution in [2.24, 2.45) is 5.92 Å². The summed E-state index contributed by atoms with van der Waals surface area (Å²) in [4.78, 5) is 14.5. The summed E-state index contributed by atoms with van der Waals surface area (Å²) in [6, 6.07) is 0. The first-order valence-corrected chi connectivity index (χ1v) is 9.00. The fourth-order valence-corrected chi connectivity index (χ4v) is 4.70. The van der Waals surface area contributed by atoms with Crippen LogP contribution in [0.4, 0.5) is 0 Å². The molecule has 1 amide bonds. The van der Waals surface area contributed by atoms with E-state index in [-0.39, 0.29) is 11.5 Å². The van der Waals surface area contributed by atoms with Crippen LogP contribution < -0.4 is 0 Å². The minimum atomic E-state index is -0.100. The van der Waals surface area contributed by atoms with Gasteiger partial charge in [0.2, 0.25) is 5.91 Å². The van der Waals surface area contributed by atoms with Crippen molar-refractivity contribution in [1.82, 2.24) is 4.90 Å². The summed E-state index contributed by atoms with van der Waals surface area (Å²) in [5.74, 6) is 2.90. The first kappa shape index (κ1) is 14.7. The number of rotatable bonds is 3. The third kappa shape index (κ3) is 3.00. The Balaban J connectivity index is 1.50. The Morgan fingerprint density at radius 3 is 2.80 bits per heavy atom. The Hall–Kier alpha value is -0.260. The highest BCUT2D eigenvalue weighted by Crippen LogP contribution is 2.37. The molecule has 0 saturated carbocycles. The molecule has 3 aliphatic heterocycles. The van der Waals surface area contributed by atoms with Crippen molar-refractivity contribution < 1.29 is 14.3 Å². The van der Waals surface area contributed by atoms with Crippen LogP contribution in [-0.2, 0) is 14.3 Å². The Morgan fingerprint density at radius 2 is 2.10 bits per heavy atom. The summed E-state index contributed by atoms with van der Waals surface area (Å²) in [6.07, 6.45) is 4.36. The number of carbonyl (C=O) groups is 1. The van der Waals surface area contributed by atoms with E-state index in [2.05, 4.69) is 0 Å². The molecule has 3 saturated heterocycles. The Morgan fingerprint density at radius 1 is 1.35 bits per heavy atom. The molecule has 0 radical (unpaired) electrons. The van der Waals surface area contributed by atoms with Crippen LogP contribution in [0.1, 0.15) is 32.6 Å². The van der Waals surface area contributed by atoms with E-state index >= 15 is 0 Å². The van der Waals surface area contributed by atoms with Crippen molar-refractivity contribution in [2.75, 3.05) is 37.8 Å². The lowest BCUT2D eigenvalue weighted by atomic mass is 9.83. The molecule has 114 valence electrons. The van der Waals surface area contributed by atoms with Gasteiger partial charge in [-0.05, 0) is 37.7 Å². The highest BCUT2D eigenvalue weighted by atomic mass is 32.2. The minimum absolute atomic E-state index is 0.100. The molecular weight excluding hydrogens is 274 g/mol. The van der Waals surface area contributed by atoms with Crippen LogP contribution in [0, 0.1) is 5.92 Å². The first-order valence-electron chi connectivity index (χ1n) is 7.84. The van der Waals surface area contributed by atoms with Crippen molar-refractivity contribution >= 4 is 17.7 Å². The van der Waals surface area contributed by atoms with Crippen LogP contribution in [0.25, 0.3) is 0 Å². The topological polar surface area (TPSA) is 38.8 Å². The zero-order chi connectivity index (χ0) is 14.0. The Bertz CT molecular complexity index is 349. The summed E-state index contributed by atoms with van der Waals surface area (Å²) < 4.78 is 11.7. The van der Waals surface area contributed by atoms with E-state index < -0.39 is 0 Å². The van der Waals surface area contributed by atoms with E-state index in [9.17, 15) is 4.79 Å². The van der Waals surface area contributed by atoms with E-state index in [1.54, 1.807) is 0 Å². The second kappa shape index (κ2) is 6.24. The number of hydrogen-bond donors (Lipinski definition) is 0. The molecule has 0 bridgehead atoms. The van der Waals surface area contributed by atoms with Crippen molar-refractivity contribution in [1.29, 1.82) is 0 Å². The molecule has 4 nitrogen and oxygen atoms in total. The summed E-state index contributed by atoms with van der Waals surface area (Å²) in [7, 11) is 0. The Labute approximate surface area is 125 Å². The SMILES string of the molecule is CCOC1CCOC2(C1)CN(C(=O)C1CCSCC1)C2. The third-order valence-corrected chi connectivity index (χ3v) is 5.74. The molecule has 5 heteroatoms. The Kier molecular flexibility index (Phi) is 4.58. The lowest BCUT2D eigenvalue weighted by Gasteiger charge is -2.53. The molecule has 0 aromatic carbocycles. The van der Waals surface area contributed by atoms with Gasteiger partial charge in [-0.25, -0.2) is 0 Å². The van der Waals surface area contributed by atoms with Crippen molar-refractivity contribution in [3.8, 4) is 0 Å². The summed E-state index contributed by atoms with van der Waals surface area (Å²) in [5, 5.41) is 0. The maximum absolute atomic E-state index is 12.4. The van der Waals surface area contributed by atoms with Gasteiger partial charge in [-0.15, -0.1) is 0 Å². The smallest absolute Gasteiger partial charge is 0.225 e. The summed E-state index contributed by atoms with van der Waals surface area (Å²) in [5.41, 5.74) is -0.100. The number of ether oxygens (including phenoxy) is 2. The molecule has 3 fully saturated rings. The van der Waals surface area contributed by atoms with Gasteiger partial charge in [-0.1, -0.05) is 0 Å². The lowest BCUT2D eigenvalue weighted by Crippen LogP contribution is -2.68. The molecule has 1 unspecified atom stereocenters. The quantitative estimate of drug-likeness (QED) is 0.798. The lowest BCUT2D eigenvalue weighted by molar-refractivity contribution is -0.202. The van der Waals surface area contributed by atoms with Gasteiger partial charge in [0.1, 0.15) is 5.60 Å². The van der Waals surface area contributed by atoms with E-state index in [0.717, 1.165) is 63.5 Å². The highest BCUT2D eigenvalue weighted by molar-refractivity contribution is 7.99. The predicted molar refractivity (Wildman–Crippen MR) is 80.0 cm³/mol. The zero-order valence-corrected chi connectivity index (χ0v) is 13.1. The number of carbonyl (C=O) groups excluding carboxylic acids is 1. The fourth-order valence-electron chi connectivity index (χ4n) is 3.59. The van der Waals surface area contributed by atoms with Gasteiger partial charge in [0, 0.05) is 25.6 Å². The van der Waals surface area contributed by atoms with Crippen molar-refractivity contribution in [3.63, 3.8) is 0 Å². The van der Waals surface area contributed by atoms with Gasteiger partial charge in [0.25, 0.3) is 0 Å². The van der Waals surface area contributed by atoms with Crippen LogP contribution in [-0.4, -0.2) is 60.3 Å². The average Bonchev–Trinajstić information content (AvgIpc) is 2.45. The predicted octanol–water partition coefficient (Wildman–Crippen LogP) is 1.93. The van der Waals surface area contributed by atoms with Gasteiger partial charge in [-0.3, -0.25) is 4.79 Å². The molecule has 0 aliphatic carbocycles. The standard InChI is InChI=1S/C15H25NO3S/c1-2-18-13-3-6-19-15(9-13)10-16(11-15)14(17)12-4-7-20-8-5-12/h12-13H,2-11H2,1H3. The van der Waals surface area contributed by atoms with Crippen LogP contribution >= 0.6 is 11.8 Å². The molecule has 1 atom stereocenters. The van der Waals surface area contributed by atoms with Gasteiger partial charge in [0.05, 0.1) is 19.2 Å². The van der Waals surface area contributed by atoms with E-state index in [1.807, 2.05) is 23.6 Å². The molecule has 3 rings (SSSR count). The van der Waals surface area contributed by atoms with Crippen LogP contribution in [0.3, 0.4) is 0 Å². The van der Waals surface area contributed by atoms with Gasteiger partial charge in [0.15, 0.2) is 0 Å². The molecule has 0 N–H and O–H groups in total. The van der Waals surface area contributed by atoms with Gasteiger partial charge < -0.3 is 14.4 Å². The monoisotopic (exact) mass is 299 g/mol. The van der Waals surface area contributed by atoms with Crippen LogP contribution in [0.5, 0.6) is 0 Å². The summed E-state index contributed by atoms with van der Waals surface area (Å²) >= 11 is 1.97. The third-order valence-electron chi connectivity index (χ3n) is 4.69. The highest BCUT2D eigenvalue weighted by Gasteiger charge is 2.50. The normalized spacial score (nSPS) is 30.2. The van der Waals surface area contributed by atoms with E-state index in [1.165, 1.54) is 0 Å². The molecule has 1 spiro atoms. The molecular formula is C15H25NO3S. The molecule has 20 heavy (non-hydrogen) atoms. The zero-order valence-electron chi connectivity index (χ0n) is 12.3. The second-order valence-electron chi connectivity index (χ2n) is 6.18. The number of amides is 1. The van der Waals surface area contributed by atoms with Gasteiger partial charge >= 0.3 is 0 Å². The second-order valence-corrected chi connectivity index (χ2v) is 7.41. The number of likely N-dealkylation sites (tertiary alicyclic amines) is 1. The first-order chi connectivity index (χ1) is 9.72. The number of thioether (sulfide) groups is 1. The van der Waals surface area contributed by atoms with Crippen molar-refractivity contribution in [3.05, 3.63) is 0 Å². The van der Waals surface area contributed by atoms with E-state index in [0.29, 0.717) is 12.0 Å². The molecule has 0 aromatic rings. The maximum Gasteiger partial charge on any atom is 0.225 e. The molecule has 0 aromatic heterocycles. The number of nitrogens with zero attached hydrogens (tertiary/aromatic N) is 1.